The number of nitrogens with one attached hydrogen (secondary N) is 2. The lowest BCUT2D eigenvalue weighted by molar-refractivity contribution is 0.175. The Kier molecular flexibility index (Phi) is 8.50. The van der Waals surface area contributed by atoms with Gasteiger partial charge in [-0.2, -0.15) is 0 Å². The van der Waals surface area contributed by atoms with Crippen LogP contribution in [0.2, 0.25) is 0 Å². The molecule has 3 N–H and O–H groups in total. The lowest BCUT2D eigenvalue weighted by atomic mass is 9.79. The monoisotopic (exact) mass is 352 g/mol. The molecule has 5 nitrogen and oxygen atoms in total. The number of guanidine groups is 1. The summed E-state index contributed by atoms with van der Waals surface area (Å²) in [4.78, 5) is 7.52. The van der Waals surface area contributed by atoms with E-state index in [1.807, 2.05) is 0 Å². The lowest BCUT2D eigenvalue weighted by Gasteiger charge is -2.29. The van der Waals surface area contributed by atoms with E-state index in [0.717, 1.165) is 63.4 Å². The van der Waals surface area contributed by atoms with Gasteiger partial charge < -0.3 is 15.7 Å². The molecule has 2 rings (SSSR count). The van der Waals surface area contributed by atoms with Crippen molar-refractivity contribution in [2.45, 2.75) is 71.8 Å². The van der Waals surface area contributed by atoms with E-state index < -0.39 is 0 Å². The molecular formula is C20H40N4O. The quantitative estimate of drug-likeness (QED) is 0.352. The van der Waals surface area contributed by atoms with Gasteiger partial charge in [-0.05, 0) is 63.2 Å². The summed E-state index contributed by atoms with van der Waals surface area (Å²) in [5.74, 6) is 1.89. The topological polar surface area (TPSA) is 59.9 Å². The second-order valence-electron chi connectivity index (χ2n) is 7.97. The molecule has 2 fully saturated rings. The lowest BCUT2D eigenvalue weighted by Crippen LogP contribution is -2.43. The van der Waals surface area contributed by atoms with Crippen molar-refractivity contribution in [3.05, 3.63) is 0 Å². The highest BCUT2D eigenvalue weighted by Gasteiger charge is 2.33. The van der Waals surface area contributed by atoms with Crippen molar-refractivity contribution in [2.75, 3.05) is 39.3 Å². The van der Waals surface area contributed by atoms with Crippen LogP contribution in [-0.2, 0) is 0 Å². The van der Waals surface area contributed by atoms with E-state index in [1.54, 1.807) is 0 Å². The molecule has 2 aliphatic rings. The molecule has 0 radical (unpaired) electrons. The molecule has 0 heterocycles. The third-order valence-electron chi connectivity index (χ3n) is 6.00. The fraction of sp³-hybridized carbons (Fsp3) is 0.950. The zero-order chi connectivity index (χ0) is 18.1. The summed E-state index contributed by atoms with van der Waals surface area (Å²) in [5, 5.41) is 16.3. The first-order valence-corrected chi connectivity index (χ1v) is 10.5. The Morgan fingerprint density at radius 1 is 1.12 bits per heavy atom. The van der Waals surface area contributed by atoms with Crippen molar-refractivity contribution in [3.8, 4) is 0 Å². The molecule has 0 saturated heterocycles. The van der Waals surface area contributed by atoms with Crippen LogP contribution >= 0.6 is 0 Å². The van der Waals surface area contributed by atoms with Crippen molar-refractivity contribution in [1.82, 2.24) is 15.5 Å². The molecule has 146 valence electrons. The van der Waals surface area contributed by atoms with Crippen LogP contribution in [0.1, 0.15) is 65.7 Å². The summed E-state index contributed by atoms with van der Waals surface area (Å²) < 4.78 is 0. The van der Waals surface area contributed by atoms with Crippen molar-refractivity contribution < 1.29 is 5.11 Å². The van der Waals surface area contributed by atoms with E-state index in [1.165, 1.54) is 32.2 Å². The SMILES string of the molecule is CCNC(=NCC(CC)(CC)CCO)NCCN(CC1CC1)C1CC1. The van der Waals surface area contributed by atoms with Gasteiger partial charge in [0.1, 0.15) is 0 Å². The summed E-state index contributed by atoms with van der Waals surface area (Å²) in [5.41, 5.74) is 0.128. The van der Waals surface area contributed by atoms with Crippen LogP contribution in [0.3, 0.4) is 0 Å². The Morgan fingerprint density at radius 2 is 1.84 bits per heavy atom. The minimum Gasteiger partial charge on any atom is -0.396 e. The van der Waals surface area contributed by atoms with Crippen molar-refractivity contribution >= 4 is 5.96 Å². The summed E-state index contributed by atoms with van der Waals surface area (Å²) in [7, 11) is 0. The van der Waals surface area contributed by atoms with Gasteiger partial charge in [0.05, 0.1) is 0 Å². The number of aliphatic hydroxyl groups excluding tert-OH is 1. The van der Waals surface area contributed by atoms with Gasteiger partial charge in [0.25, 0.3) is 0 Å². The van der Waals surface area contributed by atoms with Gasteiger partial charge >= 0.3 is 0 Å². The number of rotatable bonds is 13. The molecule has 2 aliphatic carbocycles. The molecular weight excluding hydrogens is 312 g/mol. The summed E-state index contributed by atoms with van der Waals surface area (Å²) >= 11 is 0. The number of hydrogen-bond donors (Lipinski definition) is 3. The fourth-order valence-corrected chi connectivity index (χ4v) is 3.54. The number of nitrogens with zero attached hydrogens (tertiary/aromatic N) is 2. The van der Waals surface area contributed by atoms with Crippen LogP contribution in [0.25, 0.3) is 0 Å². The fourth-order valence-electron chi connectivity index (χ4n) is 3.54. The summed E-state index contributed by atoms with van der Waals surface area (Å²) in [6.07, 6.45) is 8.59. The van der Waals surface area contributed by atoms with E-state index >= 15 is 0 Å². The maximum Gasteiger partial charge on any atom is 0.191 e. The normalized spacial score (nSPS) is 18.7. The van der Waals surface area contributed by atoms with Gasteiger partial charge in [-0.25, -0.2) is 0 Å². The molecule has 0 bridgehead atoms. The Labute approximate surface area is 154 Å². The second kappa shape index (κ2) is 10.4. The molecule has 0 amide bonds. The standard InChI is InChI=1S/C20H40N4O/c1-4-20(5-2,11-14-25)16-23-19(21-6-3)22-12-13-24(18-9-10-18)15-17-7-8-17/h17-18,25H,4-16H2,1-3H3,(H2,21,22,23). The van der Waals surface area contributed by atoms with Crippen LogP contribution in [0.5, 0.6) is 0 Å². The van der Waals surface area contributed by atoms with Crippen molar-refractivity contribution in [2.24, 2.45) is 16.3 Å². The Balaban J connectivity index is 1.81. The van der Waals surface area contributed by atoms with Crippen molar-refractivity contribution in [1.29, 1.82) is 0 Å². The van der Waals surface area contributed by atoms with Crippen LogP contribution in [-0.4, -0.2) is 61.3 Å². The first-order valence-electron chi connectivity index (χ1n) is 10.5. The highest BCUT2D eigenvalue weighted by atomic mass is 16.3. The zero-order valence-electron chi connectivity index (χ0n) is 16.7. The molecule has 25 heavy (non-hydrogen) atoms. The summed E-state index contributed by atoms with van der Waals surface area (Å²) in [6, 6.07) is 0.847. The molecule has 0 aromatic carbocycles. The van der Waals surface area contributed by atoms with Gasteiger partial charge in [-0.15, -0.1) is 0 Å². The number of aliphatic hydroxyl groups is 1. The Hall–Kier alpha value is -0.810. The molecule has 2 saturated carbocycles. The first kappa shape index (κ1) is 20.5. The van der Waals surface area contributed by atoms with Gasteiger partial charge in [0, 0.05) is 45.4 Å². The Morgan fingerprint density at radius 3 is 2.36 bits per heavy atom. The van der Waals surface area contributed by atoms with Crippen LogP contribution in [0.15, 0.2) is 4.99 Å². The van der Waals surface area contributed by atoms with E-state index in [2.05, 4.69) is 36.3 Å². The smallest absolute Gasteiger partial charge is 0.191 e. The van der Waals surface area contributed by atoms with Crippen LogP contribution in [0.4, 0.5) is 0 Å². The molecule has 0 aromatic heterocycles. The largest absolute Gasteiger partial charge is 0.396 e. The minimum atomic E-state index is 0.128. The van der Waals surface area contributed by atoms with E-state index in [0.29, 0.717) is 0 Å². The Bertz CT molecular complexity index is 401. The molecule has 0 spiro atoms. The second-order valence-corrected chi connectivity index (χ2v) is 7.97. The van der Waals surface area contributed by atoms with Crippen LogP contribution in [0, 0.1) is 11.3 Å². The minimum absolute atomic E-state index is 0.128. The van der Waals surface area contributed by atoms with E-state index in [-0.39, 0.29) is 12.0 Å². The van der Waals surface area contributed by atoms with E-state index in [4.69, 9.17) is 4.99 Å². The van der Waals surface area contributed by atoms with Crippen LogP contribution < -0.4 is 10.6 Å². The van der Waals surface area contributed by atoms with Gasteiger partial charge in [0.2, 0.25) is 0 Å². The maximum absolute atomic E-state index is 9.38. The highest BCUT2D eigenvalue weighted by Crippen LogP contribution is 2.34. The van der Waals surface area contributed by atoms with Crippen molar-refractivity contribution in [3.63, 3.8) is 0 Å². The highest BCUT2D eigenvalue weighted by molar-refractivity contribution is 5.79. The molecule has 0 aromatic rings. The number of aliphatic imine (C=N–C) groups is 1. The number of hydrogen-bond acceptors (Lipinski definition) is 3. The predicted molar refractivity (Wildman–Crippen MR) is 106 cm³/mol. The zero-order valence-corrected chi connectivity index (χ0v) is 16.7. The molecule has 0 atom stereocenters. The molecule has 5 heteroatoms. The third kappa shape index (κ3) is 7.14. The molecule has 0 aliphatic heterocycles. The maximum atomic E-state index is 9.38. The average Bonchev–Trinajstić information content (AvgIpc) is 3.50. The van der Waals surface area contributed by atoms with Gasteiger partial charge in [0.15, 0.2) is 5.96 Å². The third-order valence-corrected chi connectivity index (χ3v) is 6.00. The molecule has 0 unspecified atom stereocenters. The van der Waals surface area contributed by atoms with Gasteiger partial charge in [-0.1, -0.05) is 13.8 Å². The summed E-state index contributed by atoms with van der Waals surface area (Å²) in [6.45, 7) is 11.8. The average molecular weight is 353 g/mol. The van der Waals surface area contributed by atoms with E-state index in [9.17, 15) is 5.11 Å². The first-order chi connectivity index (χ1) is 12.2. The van der Waals surface area contributed by atoms with Gasteiger partial charge in [-0.3, -0.25) is 9.89 Å². The predicted octanol–water partition coefficient (Wildman–Crippen LogP) is 2.60.